The minimum absolute atomic E-state index is 0.0428. The fourth-order valence-electron chi connectivity index (χ4n) is 2.54. The molecule has 1 aliphatic heterocycles. The summed E-state index contributed by atoms with van der Waals surface area (Å²) >= 11 is 6.39. The Kier molecular flexibility index (Phi) is 3.27. The molecule has 1 fully saturated rings. The van der Waals surface area contributed by atoms with Gasteiger partial charge in [0.1, 0.15) is 0 Å². The van der Waals surface area contributed by atoms with Crippen molar-refractivity contribution in [1.82, 2.24) is 9.78 Å². The van der Waals surface area contributed by atoms with Crippen LogP contribution in [0.3, 0.4) is 0 Å². The number of nitrogens with zero attached hydrogens (tertiary/aromatic N) is 2. The van der Waals surface area contributed by atoms with E-state index < -0.39 is 0 Å². The molecule has 1 saturated heterocycles. The van der Waals surface area contributed by atoms with Crippen LogP contribution in [0.25, 0.3) is 10.9 Å². The average Bonchev–Trinajstić information content (AvgIpc) is 2.84. The molecule has 96 valence electrons. The summed E-state index contributed by atoms with van der Waals surface area (Å²) in [5.74, 6) is 0. The first-order chi connectivity index (χ1) is 8.79. The zero-order valence-electron chi connectivity index (χ0n) is 10.5. The Balaban J connectivity index is 2.07. The quantitative estimate of drug-likeness (QED) is 0.821. The van der Waals surface area contributed by atoms with Crippen LogP contribution in [0.1, 0.15) is 38.0 Å². The van der Waals surface area contributed by atoms with Gasteiger partial charge in [-0.1, -0.05) is 18.5 Å². The zero-order valence-corrected chi connectivity index (χ0v) is 11.3. The molecule has 2 aromatic rings. The topological polar surface area (TPSA) is 27.1 Å². The summed E-state index contributed by atoms with van der Waals surface area (Å²) in [6.07, 6.45) is 6.27. The Morgan fingerprint density at radius 3 is 3.06 bits per heavy atom. The third-order valence-electron chi connectivity index (χ3n) is 3.54. The molecule has 0 radical (unpaired) electrons. The molecule has 1 atom stereocenters. The third kappa shape index (κ3) is 2.02. The molecular formula is C14H17ClN2O. The Morgan fingerprint density at radius 2 is 2.33 bits per heavy atom. The largest absolute Gasteiger partial charge is 0.356 e. The van der Waals surface area contributed by atoms with Crippen LogP contribution in [0.15, 0.2) is 18.3 Å². The highest BCUT2D eigenvalue weighted by Crippen LogP contribution is 2.31. The van der Waals surface area contributed by atoms with Crippen LogP contribution in [0.5, 0.6) is 0 Å². The van der Waals surface area contributed by atoms with Gasteiger partial charge in [0.15, 0.2) is 6.23 Å². The molecule has 1 unspecified atom stereocenters. The molecule has 0 amide bonds. The zero-order chi connectivity index (χ0) is 12.5. The molecule has 4 heteroatoms. The fraction of sp³-hybridized carbons (Fsp3) is 0.500. The van der Waals surface area contributed by atoms with Gasteiger partial charge in [0.25, 0.3) is 0 Å². The van der Waals surface area contributed by atoms with Gasteiger partial charge in [-0.3, -0.25) is 0 Å². The highest BCUT2D eigenvalue weighted by molar-refractivity contribution is 6.35. The molecule has 1 aromatic carbocycles. The lowest BCUT2D eigenvalue weighted by atomic mass is 10.1. The standard InChI is InChI=1S/C14H17ClN2O/c1-2-10-7-11-9-16-17(14(11)12(15)8-10)13-5-3-4-6-18-13/h7-9,13H,2-6H2,1H3. The number of aryl methyl sites for hydroxylation is 1. The summed E-state index contributed by atoms with van der Waals surface area (Å²) in [7, 11) is 0. The second kappa shape index (κ2) is 4.90. The molecule has 0 bridgehead atoms. The molecule has 0 aliphatic carbocycles. The number of fused-ring (bicyclic) bond motifs is 1. The van der Waals surface area contributed by atoms with Crippen molar-refractivity contribution in [3.8, 4) is 0 Å². The Labute approximate surface area is 112 Å². The van der Waals surface area contributed by atoms with Crippen molar-refractivity contribution in [2.75, 3.05) is 6.61 Å². The van der Waals surface area contributed by atoms with E-state index in [4.69, 9.17) is 16.3 Å². The molecule has 2 heterocycles. The van der Waals surface area contributed by atoms with E-state index in [0.717, 1.165) is 41.8 Å². The molecule has 1 aliphatic rings. The van der Waals surface area contributed by atoms with E-state index in [9.17, 15) is 0 Å². The van der Waals surface area contributed by atoms with Crippen molar-refractivity contribution < 1.29 is 4.74 Å². The molecule has 3 rings (SSSR count). The van der Waals surface area contributed by atoms with Gasteiger partial charge in [0, 0.05) is 12.0 Å². The SMILES string of the molecule is CCc1cc(Cl)c2c(cnn2C2CCCCO2)c1. The van der Waals surface area contributed by atoms with E-state index in [-0.39, 0.29) is 6.23 Å². The first-order valence-electron chi connectivity index (χ1n) is 6.57. The number of hydrogen-bond donors (Lipinski definition) is 0. The van der Waals surface area contributed by atoms with E-state index in [1.165, 1.54) is 12.0 Å². The Hall–Kier alpha value is -1.06. The number of ether oxygens (including phenoxy) is 1. The Bertz CT molecular complexity index is 558. The number of halogens is 1. The summed E-state index contributed by atoms with van der Waals surface area (Å²) in [5.41, 5.74) is 2.25. The van der Waals surface area contributed by atoms with Gasteiger partial charge in [-0.05, 0) is 43.4 Å². The van der Waals surface area contributed by atoms with Crippen molar-refractivity contribution in [2.24, 2.45) is 0 Å². The van der Waals surface area contributed by atoms with Crippen molar-refractivity contribution in [3.05, 3.63) is 28.9 Å². The highest BCUT2D eigenvalue weighted by atomic mass is 35.5. The lowest BCUT2D eigenvalue weighted by molar-refractivity contribution is -0.0366. The van der Waals surface area contributed by atoms with Crippen LogP contribution >= 0.6 is 11.6 Å². The molecule has 0 saturated carbocycles. The monoisotopic (exact) mass is 264 g/mol. The van der Waals surface area contributed by atoms with Crippen molar-refractivity contribution in [1.29, 1.82) is 0 Å². The maximum atomic E-state index is 6.39. The molecule has 0 N–H and O–H groups in total. The van der Waals surface area contributed by atoms with Gasteiger partial charge in [-0.2, -0.15) is 5.10 Å². The maximum absolute atomic E-state index is 6.39. The number of rotatable bonds is 2. The van der Waals surface area contributed by atoms with Crippen LogP contribution in [-0.2, 0) is 11.2 Å². The van der Waals surface area contributed by atoms with Crippen LogP contribution in [0.2, 0.25) is 5.02 Å². The predicted octanol–water partition coefficient (Wildman–Crippen LogP) is 3.95. The normalized spacial score (nSPS) is 20.4. The van der Waals surface area contributed by atoms with Crippen molar-refractivity contribution >= 4 is 22.5 Å². The minimum atomic E-state index is 0.0428. The summed E-state index contributed by atoms with van der Waals surface area (Å²) < 4.78 is 7.72. The van der Waals surface area contributed by atoms with E-state index in [1.54, 1.807) is 0 Å². The Morgan fingerprint density at radius 1 is 1.44 bits per heavy atom. The van der Waals surface area contributed by atoms with E-state index in [0.29, 0.717) is 0 Å². The van der Waals surface area contributed by atoms with E-state index in [1.807, 2.05) is 16.9 Å². The lowest BCUT2D eigenvalue weighted by Crippen LogP contribution is -2.19. The van der Waals surface area contributed by atoms with Crippen molar-refractivity contribution in [3.63, 3.8) is 0 Å². The molecular weight excluding hydrogens is 248 g/mol. The summed E-state index contributed by atoms with van der Waals surface area (Å²) in [4.78, 5) is 0. The second-order valence-corrected chi connectivity index (χ2v) is 5.19. The second-order valence-electron chi connectivity index (χ2n) is 4.78. The van der Waals surface area contributed by atoms with Gasteiger partial charge in [0.05, 0.1) is 16.7 Å². The van der Waals surface area contributed by atoms with Gasteiger partial charge < -0.3 is 4.74 Å². The lowest BCUT2D eigenvalue weighted by Gasteiger charge is -2.23. The third-order valence-corrected chi connectivity index (χ3v) is 3.83. The number of benzene rings is 1. The van der Waals surface area contributed by atoms with Crippen LogP contribution in [-0.4, -0.2) is 16.4 Å². The predicted molar refractivity (Wildman–Crippen MR) is 73.0 cm³/mol. The van der Waals surface area contributed by atoms with Gasteiger partial charge in [-0.25, -0.2) is 4.68 Å². The van der Waals surface area contributed by atoms with Gasteiger partial charge >= 0.3 is 0 Å². The fourth-order valence-corrected chi connectivity index (χ4v) is 2.88. The van der Waals surface area contributed by atoms with Crippen LogP contribution in [0.4, 0.5) is 0 Å². The maximum Gasteiger partial charge on any atom is 0.150 e. The molecule has 18 heavy (non-hydrogen) atoms. The first-order valence-corrected chi connectivity index (χ1v) is 6.94. The molecule has 1 aromatic heterocycles. The molecule has 3 nitrogen and oxygen atoms in total. The van der Waals surface area contributed by atoms with Gasteiger partial charge in [-0.15, -0.1) is 0 Å². The average molecular weight is 265 g/mol. The van der Waals surface area contributed by atoms with E-state index >= 15 is 0 Å². The smallest absolute Gasteiger partial charge is 0.150 e. The van der Waals surface area contributed by atoms with Crippen LogP contribution < -0.4 is 0 Å². The highest BCUT2D eigenvalue weighted by Gasteiger charge is 2.19. The number of hydrogen-bond acceptors (Lipinski definition) is 2. The van der Waals surface area contributed by atoms with Gasteiger partial charge in [0.2, 0.25) is 0 Å². The summed E-state index contributed by atoms with van der Waals surface area (Å²) in [6.45, 7) is 2.95. The van der Waals surface area contributed by atoms with Crippen molar-refractivity contribution in [2.45, 2.75) is 38.8 Å². The first kappa shape index (κ1) is 12.0. The number of aromatic nitrogens is 2. The summed E-state index contributed by atoms with van der Waals surface area (Å²) in [6, 6.07) is 4.19. The minimum Gasteiger partial charge on any atom is -0.356 e. The van der Waals surface area contributed by atoms with Crippen LogP contribution in [0, 0.1) is 0 Å². The summed E-state index contributed by atoms with van der Waals surface area (Å²) in [5, 5.41) is 6.34. The van der Waals surface area contributed by atoms with E-state index in [2.05, 4.69) is 18.1 Å². The molecule has 0 spiro atoms.